The van der Waals surface area contributed by atoms with Crippen LogP contribution in [0.2, 0.25) is 0 Å². The Kier molecular flexibility index (Phi) is 6.02. The van der Waals surface area contributed by atoms with E-state index < -0.39 is 0 Å². The van der Waals surface area contributed by atoms with E-state index in [4.69, 9.17) is 19.1 Å². The Morgan fingerprint density at radius 1 is 1.25 bits per heavy atom. The molecule has 9 heteroatoms. The van der Waals surface area contributed by atoms with E-state index in [0.717, 1.165) is 73.0 Å². The molecule has 0 bridgehead atoms. The molecule has 0 radical (unpaired) electrons. The summed E-state index contributed by atoms with van der Waals surface area (Å²) in [6.07, 6.45) is 6.02. The van der Waals surface area contributed by atoms with E-state index in [2.05, 4.69) is 20.1 Å². The van der Waals surface area contributed by atoms with Crippen LogP contribution in [-0.2, 0) is 17.7 Å². The van der Waals surface area contributed by atoms with Crippen molar-refractivity contribution in [3.8, 4) is 11.3 Å². The monoisotopic (exact) mass is 436 g/mol. The van der Waals surface area contributed by atoms with Gasteiger partial charge in [0.05, 0.1) is 18.5 Å². The summed E-state index contributed by atoms with van der Waals surface area (Å²) in [5, 5.41) is 12.7. The first kappa shape index (κ1) is 20.9. The van der Waals surface area contributed by atoms with Gasteiger partial charge in [-0.3, -0.25) is 4.90 Å². The minimum atomic E-state index is 0.0243. The number of nitrogens with zero attached hydrogens (tertiary/aromatic N) is 5. The van der Waals surface area contributed by atoms with E-state index in [9.17, 15) is 5.11 Å². The normalized spacial score (nSPS) is 18.5. The first-order chi connectivity index (χ1) is 15.7. The third-order valence-electron chi connectivity index (χ3n) is 6.06. The molecule has 3 aromatic rings. The number of rotatable bonds is 7. The number of hydrogen-bond donors (Lipinski definition) is 2. The SMILES string of the molecule is CN(c1nc(Nc2ccc(-c3cnco3)cc2)nc2c1CN(CCO)CC2)[C@@H]1CCCO1. The van der Waals surface area contributed by atoms with Gasteiger partial charge in [-0.15, -0.1) is 0 Å². The van der Waals surface area contributed by atoms with Crippen molar-refractivity contribution in [2.45, 2.75) is 32.0 Å². The molecule has 1 atom stereocenters. The number of anilines is 3. The van der Waals surface area contributed by atoms with Crippen LogP contribution in [0.4, 0.5) is 17.5 Å². The molecule has 2 aromatic heterocycles. The van der Waals surface area contributed by atoms with Crippen LogP contribution in [0.3, 0.4) is 0 Å². The number of aromatic nitrogens is 3. The molecule has 1 aromatic carbocycles. The van der Waals surface area contributed by atoms with Crippen LogP contribution >= 0.6 is 0 Å². The lowest BCUT2D eigenvalue weighted by atomic mass is 10.1. The summed E-state index contributed by atoms with van der Waals surface area (Å²) >= 11 is 0. The van der Waals surface area contributed by atoms with E-state index in [0.29, 0.717) is 12.5 Å². The predicted molar refractivity (Wildman–Crippen MR) is 121 cm³/mol. The van der Waals surface area contributed by atoms with E-state index in [1.807, 2.05) is 31.3 Å². The summed E-state index contributed by atoms with van der Waals surface area (Å²) in [4.78, 5) is 18.1. The predicted octanol–water partition coefficient (Wildman–Crippen LogP) is 2.80. The van der Waals surface area contributed by atoms with E-state index in [1.165, 1.54) is 6.39 Å². The van der Waals surface area contributed by atoms with Crippen molar-refractivity contribution in [2.75, 3.05) is 43.6 Å². The molecule has 0 spiro atoms. The van der Waals surface area contributed by atoms with Crippen LogP contribution in [0.5, 0.6) is 0 Å². The number of fused-ring (bicyclic) bond motifs is 1. The summed E-state index contributed by atoms with van der Waals surface area (Å²) in [5.41, 5.74) is 4.03. The van der Waals surface area contributed by atoms with Crippen molar-refractivity contribution in [1.82, 2.24) is 19.9 Å². The average molecular weight is 437 g/mol. The van der Waals surface area contributed by atoms with Gasteiger partial charge in [0, 0.05) is 56.5 Å². The zero-order chi connectivity index (χ0) is 21.9. The maximum absolute atomic E-state index is 9.38. The molecule has 0 amide bonds. The molecule has 1 fully saturated rings. The minimum absolute atomic E-state index is 0.0243. The highest BCUT2D eigenvalue weighted by Gasteiger charge is 2.28. The number of hydrogen-bond acceptors (Lipinski definition) is 9. The van der Waals surface area contributed by atoms with Crippen LogP contribution in [-0.4, -0.2) is 64.5 Å². The van der Waals surface area contributed by atoms with Gasteiger partial charge in [0.25, 0.3) is 0 Å². The fraction of sp³-hybridized carbons (Fsp3) is 0.435. The molecule has 2 aliphatic heterocycles. The van der Waals surface area contributed by atoms with Gasteiger partial charge in [0.1, 0.15) is 12.0 Å². The fourth-order valence-electron chi connectivity index (χ4n) is 4.34. The number of ether oxygens (including phenoxy) is 1. The lowest BCUT2D eigenvalue weighted by molar-refractivity contribution is 0.110. The molecule has 0 saturated carbocycles. The quantitative estimate of drug-likeness (QED) is 0.579. The van der Waals surface area contributed by atoms with Gasteiger partial charge in [-0.1, -0.05) is 0 Å². The summed E-state index contributed by atoms with van der Waals surface area (Å²) in [6.45, 7) is 3.19. The molecule has 32 heavy (non-hydrogen) atoms. The largest absolute Gasteiger partial charge is 0.444 e. The maximum atomic E-state index is 9.38. The number of aliphatic hydroxyl groups excluding tert-OH is 1. The summed E-state index contributed by atoms with van der Waals surface area (Å²) in [7, 11) is 2.04. The van der Waals surface area contributed by atoms with Gasteiger partial charge in [0.15, 0.2) is 12.2 Å². The van der Waals surface area contributed by atoms with Gasteiger partial charge in [-0.2, -0.15) is 4.98 Å². The zero-order valence-corrected chi connectivity index (χ0v) is 18.2. The molecule has 0 aliphatic carbocycles. The lowest BCUT2D eigenvalue weighted by Crippen LogP contribution is -2.37. The second-order valence-corrected chi connectivity index (χ2v) is 8.19. The third kappa shape index (κ3) is 4.32. The van der Waals surface area contributed by atoms with Gasteiger partial charge in [-0.25, -0.2) is 9.97 Å². The maximum Gasteiger partial charge on any atom is 0.229 e. The minimum Gasteiger partial charge on any atom is -0.444 e. The first-order valence-electron chi connectivity index (χ1n) is 11.0. The summed E-state index contributed by atoms with van der Waals surface area (Å²) in [6, 6.07) is 7.92. The molecule has 0 unspecified atom stereocenters. The van der Waals surface area contributed by atoms with Crippen LogP contribution < -0.4 is 10.2 Å². The smallest absolute Gasteiger partial charge is 0.229 e. The Bertz CT molecular complexity index is 1030. The standard InChI is InChI=1S/C23H28N6O3/c1-28(21-3-2-12-31-21)22-18-14-29(10-11-30)9-8-19(18)26-23(27-22)25-17-6-4-16(5-7-17)20-13-24-15-32-20/h4-7,13,15,21,30H,2-3,8-12,14H2,1H3,(H,25,26,27)/t21-/m0/s1. The molecule has 168 valence electrons. The topological polar surface area (TPSA) is 99.8 Å². The molecular weight excluding hydrogens is 408 g/mol. The number of benzene rings is 1. The second kappa shape index (κ2) is 9.23. The number of nitrogens with one attached hydrogen (secondary N) is 1. The average Bonchev–Trinajstić information content (AvgIpc) is 3.54. The molecule has 2 aliphatic rings. The van der Waals surface area contributed by atoms with E-state index >= 15 is 0 Å². The second-order valence-electron chi connectivity index (χ2n) is 8.19. The Labute approximate surface area is 187 Å². The van der Waals surface area contributed by atoms with Crippen molar-refractivity contribution in [1.29, 1.82) is 0 Å². The highest BCUT2D eigenvalue weighted by molar-refractivity contribution is 5.64. The van der Waals surface area contributed by atoms with Crippen LogP contribution in [0.1, 0.15) is 24.1 Å². The first-order valence-corrected chi connectivity index (χ1v) is 11.0. The van der Waals surface area contributed by atoms with Crippen molar-refractivity contribution in [3.05, 3.63) is 48.1 Å². The molecule has 5 rings (SSSR count). The van der Waals surface area contributed by atoms with Gasteiger partial charge in [-0.05, 0) is 37.1 Å². The Morgan fingerprint density at radius 3 is 2.84 bits per heavy atom. The van der Waals surface area contributed by atoms with E-state index in [-0.39, 0.29) is 12.8 Å². The van der Waals surface area contributed by atoms with Gasteiger partial charge in [0.2, 0.25) is 5.95 Å². The van der Waals surface area contributed by atoms with Crippen molar-refractivity contribution in [2.24, 2.45) is 0 Å². The lowest BCUT2D eigenvalue weighted by Gasteiger charge is -2.33. The Hall–Kier alpha value is -3.01. The van der Waals surface area contributed by atoms with E-state index in [1.54, 1.807) is 6.20 Å². The fourth-order valence-corrected chi connectivity index (χ4v) is 4.34. The third-order valence-corrected chi connectivity index (χ3v) is 6.06. The van der Waals surface area contributed by atoms with Crippen LogP contribution in [0.25, 0.3) is 11.3 Å². The van der Waals surface area contributed by atoms with Gasteiger partial charge >= 0.3 is 0 Å². The highest BCUT2D eigenvalue weighted by Crippen LogP contribution is 2.31. The zero-order valence-electron chi connectivity index (χ0n) is 18.2. The summed E-state index contributed by atoms with van der Waals surface area (Å²) < 4.78 is 11.3. The Balaban J connectivity index is 1.43. The Morgan fingerprint density at radius 2 is 2.12 bits per heavy atom. The molecular formula is C23H28N6O3. The summed E-state index contributed by atoms with van der Waals surface area (Å²) in [5.74, 6) is 2.20. The van der Waals surface area contributed by atoms with Crippen molar-refractivity contribution >= 4 is 17.5 Å². The van der Waals surface area contributed by atoms with Crippen LogP contribution in [0, 0.1) is 0 Å². The van der Waals surface area contributed by atoms with Crippen molar-refractivity contribution in [3.63, 3.8) is 0 Å². The molecule has 1 saturated heterocycles. The van der Waals surface area contributed by atoms with Crippen LogP contribution in [0.15, 0.2) is 41.3 Å². The van der Waals surface area contributed by atoms with Crippen molar-refractivity contribution < 1.29 is 14.3 Å². The van der Waals surface area contributed by atoms with Gasteiger partial charge < -0.3 is 24.5 Å². The number of β-amino-alcohol motifs (C(OH)–C–C–N with tert-alkyl or cyclic N) is 1. The molecule has 9 nitrogen and oxygen atoms in total. The molecule has 4 heterocycles. The number of oxazole rings is 1. The number of aliphatic hydroxyl groups is 1. The molecule has 2 N–H and O–H groups in total. The highest BCUT2D eigenvalue weighted by atomic mass is 16.5.